The molecule has 0 unspecified atom stereocenters. The number of pyridine rings is 1. The van der Waals surface area contributed by atoms with Crippen molar-refractivity contribution in [2.75, 3.05) is 0 Å². The van der Waals surface area contributed by atoms with E-state index in [1.54, 1.807) is 36.4 Å². The number of aromatic amines is 1. The summed E-state index contributed by atoms with van der Waals surface area (Å²) >= 11 is 6.32. The van der Waals surface area contributed by atoms with Crippen LogP contribution in [0.5, 0.6) is 5.75 Å². The molecule has 4 aromatic rings. The Balaban J connectivity index is 1.74. The molecular formula is C26H20ClN3O3. The van der Waals surface area contributed by atoms with E-state index in [9.17, 15) is 14.7 Å². The Labute approximate surface area is 194 Å². The molecule has 0 bridgehead atoms. The summed E-state index contributed by atoms with van der Waals surface area (Å²) in [7, 11) is 0. The zero-order valence-electron chi connectivity index (χ0n) is 17.7. The Bertz CT molecular complexity index is 1460. The van der Waals surface area contributed by atoms with Crippen LogP contribution in [0.1, 0.15) is 30.5 Å². The van der Waals surface area contributed by atoms with Crippen LogP contribution >= 0.6 is 11.6 Å². The van der Waals surface area contributed by atoms with Gasteiger partial charge in [0.05, 0.1) is 17.3 Å². The number of carbonyl (C=O) groups is 1. The third kappa shape index (κ3) is 3.79. The lowest BCUT2D eigenvalue weighted by Crippen LogP contribution is -2.24. The van der Waals surface area contributed by atoms with Crippen molar-refractivity contribution in [1.29, 1.82) is 0 Å². The summed E-state index contributed by atoms with van der Waals surface area (Å²) in [4.78, 5) is 28.7. The largest absolute Gasteiger partial charge is 0.508 e. The number of nitrogens with one attached hydrogen (secondary N) is 1. The number of phenolic OH excluding ortho intramolecular Hbond substituents is 1. The molecule has 0 fully saturated rings. The number of carbonyl (C=O) groups excluding carboxylic acids is 1. The molecule has 2 heterocycles. The standard InChI is InChI=1S/C26H20ClN3O3/c1-15(31)30-23(16-7-10-19(32)11-8-16)14-22(29-30)25-24(17-5-3-2-4-6-17)20-13-18(27)9-12-21(20)28-26(25)33/h2-13,23,32H,14H2,1H3,(H,28,33)/t23-/m0/s1. The minimum Gasteiger partial charge on any atom is -0.508 e. The van der Waals surface area contributed by atoms with E-state index in [-0.39, 0.29) is 23.3 Å². The second kappa shape index (κ2) is 8.22. The Morgan fingerprint density at radius 2 is 1.79 bits per heavy atom. The van der Waals surface area contributed by atoms with Crippen LogP contribution in [0, 0.1) is 0 Å². The van der Waals surface area contributed by atoms with E-state index >= 15 is 0 Å². The van der Waals surface area contributed by atoms with Crippen LogP contribution in [0.15, 0.2) is 82.7 Å². The molecule has 33 heavy (non-hydrogen) atoms. The number of hydrazone groups is 1. The average molecular weight is 458 g/mol. The third-order valence-corrected chi connectivity index (χ3v) is 6.07. The maximum absolute atomic E-state index is 13.4. The van der Waals surface area contributed by atoms with Gasteiger partial charge in [0.2, 0.25) is 5.91 Å². The summed E-state index contributed by atoms with van der Waals surface area (Å²) in [5, 5.41) is 17.0. The quantitative estimate of drug-likeness (QED) is 0.440. The molecule has 1 aliphatic rings. The van der Waals surface area contributed by atoms with Gasteiger partial charge in [-0.15, -0.1) is 0 Å². The summed E-state index contributed by atoms with van der Waals surface area (Å²) in [6.07, 6.45) is 0.360. The molecule has 1 atom stereocenters. The van der Waals surface area contributed by atoms with Crippen LogP contribution < -0.4 is 5.56 Å². The summed E-state index contributed by atoms with van der Waals surface area (Å²) < 4.78 is 0. The first kappa shape index (κ1) is 21.0. The molecule has 6 nitrogen and oxygen atoms in total. The number of hydrogen-bond acceptors (Lipinski definition) is 4. The SMILES string of the molecule is CC(=O)N1N=C(c2c(-c3ccccc3)c3cc(Cl)ccc3[nH]c2=O)C[C@H]1c1ccc(O)cc1. The highest BCUT2D eigenvalue weighted by atomic mass is 35.5. The van der Waals surface area contributed by atoms with Crippen molar-refractivity contribution >= 4 is 34.1 Å². The third-order valence-electron chi connectivity index (χ3n) is 5.84. The van der Waals surface area contributed by atoms with Crippen molar-refractivity contribution in [2.24, 2.45) is 5.10 Å². The van der Waals surface area contributed by atoms with Crippen LogP contribution in [0.2, 0.25) is 5.02 Å². The van der Waals surface area contributed by atoms with Gasteiger partial charge in [-0.1, -0.05) is 54.1 Å². The number of amides is 1. The second-order valence-electron chi connectivity index (χ2n) is 7.98. The van der Waals surface area contributed by atoms with Gasteiger partial charge in [-0.3, -0.25) is 9.59 Å². The maximum atomic E-state index is 13.4. The molecule has 7 heteroatoms. The maximum Gasteiger partial charge on any atom is 0.258 e. The number of hydrogen-bond donors (Lipinski definition) is 2. The average Bonchev–Trinajstić information content (AvgIpc) is 3.25. The van der Waals surface area contributed by atoms with Crippen molar-refractivity contribution in [1.82, 2.24) is 9.99 Å². The zero-order valence-corrected chi connectivity index (χ0v) is 18.5. The van der Waals surface area contributed by atoms with Crippen molar-refractivity contribution in [2.45, 2.75) is 19.4 Å². The number of benzene rings is 3. The molecule has 1 aliphatic heterocycles. The van der Waals surface area contributed by atoms with E-state index in [1.807, 2.05) is 36.4 Å². The molecule has 3 aromatic carbocycles. The van der Waals surface area contributed by atoms with Gasteiger partial charge in [-0.25, -0.2) is 5.01 Å². The van der Waals surface area contributed by atoms with Crippen LogP contribution in [0.4, 0.5) is 0 Å². The van der Waals surface area contributed by atoms with E-state index in [0.717, 1.165) is 22.1 Å². The lowest BCUT2D eigenvalue weighted by Gasteiger charge is -2.20. The van der Waals surface area contributed by atoms with Gasteiger partial charge in [-0.05, 0) is 41.5 Å². The molecule has 0 saturated carbocycles. The molecule has 5 rings (SSSR count). The molecule has 0 saturated heterocycles. The van der Waals surface area contributed by atoms with Gasteiger partial charge in [0.25, 0.3) is 5.56 Å². The Kier molecular flexibility index (Phi) is 5.23. The van der Waals surface area contributed by atoms with Crippen LogP contribution in [-0.2, 0) is 4.79 Å². The molecule has 0 aliphatic carbocycles. The molecule has 0 radical (unpaired) electrons. The van der Waals surface area contributed by atoms with E-state index in [4.69, 9.17) is 11.6 Å². The topological polar surface area (TPSA) is 85.8 Å². The number of nitrogens with zero attached hydrogens (tertiary/aromatic N) is 2. The van der Waals surface area contributed by atoms with Crippen LogP contribution in [0.3, 0.4) is 0 Å². The smallest absolute Gasteiger partial charge is 0.258 e. The first-order valence-electron chi connectivity index (χ1n) is 10.5. The monoisotopic (exact) mass is 457 g/mol. The highest BCUT2D eigenvalue weighted by Gasteiger charge is 2.34. The van der Waals surface area contributed by atoms with E-state index in [2.05, 4.69) is 10.1 Å². The van der Waals surface area contributed by atoms with Gasteiger partial charge >= 0.3 is 0 Å². The van der Waals surface area contributed by atoms with Gasteiger partial charge in [0, 0.05) is 34.8 Å². The molecule has 0 spiro atoms. The zero-order chi connectivity index (χ0) is 23.1. The number of fused-ring (bicyclic) bond motifs is 1. The summed E-state index contributed by atoms with van der Waals surface area (Å²) in [6, 6.07) is 21.3. The molecule has 1 aromatic heterocycles. The van der Waals surface area contributed by atoms with Crippen LogP contribution in [-0.4, -0.2) is 26.7 Å². The number of halogens is 1. The number of phenols is 1. The molecule has 2 N–H and O–H groups in total. The number of H-pyrrole nitrogens is 1. The van der Waals surface area contributed by atoms with E-state index in [0.29, 0.717) is 28.2 Å². The fourth-order valence-electron chi connectivity index (χ4n) is 4.35. The summed E-state index contributed by atoms with van der Waals surface area (Å²) in [5.41, 5.74) is 3.74. The normalized spacial score (nSPS) is 15.6. The van der Waals surface area contributed by atoms with Crippen LogP contribution in [0.25, 0.3) is 22.0 Å². The van der Waals surface area contributed by atoms with Gasteiger partial charge in [0.15, 0.2) is 0 Å². The molecular weight excluding hydrogens is 438 g/mol. The number of aromatic nitrogens is 1. The van der Waals surface area contributed by atoms with Gasteiger partial charge in [-0.2, -0.15) is 5.10 Å². The molecule has 164 valence electrons. The van der Waals surface area contributed by atoms with Gasteiger partial charge < -0.3 is 10.1 Å². The lowest BCUT2D eigenvalue weighted by atomic mass is 9.91. The van der Waals surface area contributed by atoms with Crippen molar-refractivity contribution in [3.05, 3.63) is 99.3 Å². The van der Waals surface area contributed by atoms with Crippen molar-refractivity contribution in [3.8, 4) is 16.9 Å². The molecule has 1 amide bonds. The fourth-order valence-corrected chi connectivity index (χ4v) is 4.53. The fraction of sp³-hybridized carbons (Fsp3) is 0.115. The Hall–Kier alpha value is -3.90. The first-order chi connectivity index (χ1) is 15.9. The predicted octanol–water partition coefficient (Wildman–Crippen LogP) is 5.25. The predicted molar refractivity (Wildman–Crippen MR) is 130 cm³/mol. The highest BCUT2D eigenvalue weighted by Crippen LogP contribution is 2.37. The summed E-state index contributed by atoms with van der Waals surface area (Å²) in [5.74, 6) is -0.0916. The Morgan fingerprint density at radius 1 is 1.06 bits per heavy atom. The van der Waals surface area contributed by atoms with E-state index < -0.39 is 0 Å². The van der Waals surface area contributed by atoms with Crippen molar-refractivity contribution in [3.63, 3.8) is 0 Å². The lowest BCUT2D eigenvalue weighted by molar-refractivity contribution is -0.130. The number of aromatic hydroxyl groups is 1. The minimum atomic E-state index is -0.379. The minimum absolute atomic E-state index is 0.140. The first-order valence-corrected chi connectivity index (χ1v) is 10.9. The van der Waals surface area contributed by atoms with Crippen molar-refractivity contribution < 1.29 is 9.90 Å². The second-order valence-corrected chi connectivity index (χ2v) is 8.42. The Morgan fingerprint density at radius 3 is 2.48 bits per heavy atom. The van der Waals surface area contributed by atoms with Gasteiger partial charge in [0.1, 0.15) is 5.75 Å². The summed E-state index contributed by atoms with van der Waals surface area (Å²) in [6.45, 7) is 1.45. The highest BCUT2D eigenvalue weighted by molar-refractivity contribution is 6.31. The number of rotatable bonds is 3. The van der Waals surface area contributed by atoms with E-state index in [1.165, 1.54) is 11.9 Å².